The highest BCUT2D eigenvalue weighted by Crippen LogP contribution is 2.21. The first-order valence-corrected chi connectivity index (χ1v) is 7.78. The van der Waals surface area contributed by atoms with E-state index in [1.807, 2.05) is 31.2 Å². The molecule has 2 heterocycles. The Balaban J connectivity index is 1.61. The van der Waals surface area contributed by atoms with E-state index in [-0.39, 0.29) is 17.7 Å². The number of likely N-dealkylation sites (tertiary alicyclic amines) is 1. The molecule has 2 amide bonds. The quantitative estimate of drug-likeness (QED) is 0.838. The van der Waals surface area contributed by atoms with Gasteiger partial charge in [0.2, 0.25) is 11.8 Å². The van der Waals surface area contributed by atoms with E-state index in [2.05, 4.69) is 27.1 Å². The zero-order valence-electron chi connectivity index (χ0n) is 13.5. The Morgan fingerprint density at radius 3 is 2.75 bits per heavy atom. The summed E-state index contributed by atoms with van der Waals surface area (Å²) in [6.45, 7) is 6.34. The fourth-order valence-corrected chi connectivity index (χ4v) is 2.72. The van der Waals surface area contributed by atoms with Crippen LogP contribution in [0.15, 0.2) is 36.9 Å². The number of amides is 2. The van der Waals surface area contributed by atoms with Crippen molar-refractivity contribution in [3.8, 4) is 11.4 Å². The third-order valence-electron chi connectivity index (χ3n) is 4.05. The number of hydrogen-bond acceptors (Lipinski definition) is 4. The number of benzene rings is 1. The van der Waals surface area contributed by atoms with Gasteiger partial charge in [0.15, 0.2) is 5.82 Å². The van der Waals surface area contributed by atoms with Crippen LogP contribution in [0.1, 0.15) is 12.2 Å². The highest BCUT2D eigenvalue weighted by molar-refractivity contribution is 5.94. The van der Waals surface area contributed by atoms with Crippen molar-refractivity contribution in [3.63, 3.8) is 0 Å². The summed E-state index contributed by atoms with van der Waals surface area (Å²) >= 11 is 0. The normalized spacial score (nSPS) is 16.9. The number of aromatic nitrogens is 3. The van der Waals surface area contributed by atoms with Crippen molar-refractivity contribution in [1.82, 2.24) is 20.1 Å². The zero-order valence-corrected chi connectivity index (χ0v) is 13.5. The number of H-pyrrole nitrogens is 1. The molecule has 0 spiro atoms. The molecule has 0 bridgehead atoms. The lowest BCUT2D eigenvalue weighted by Crippen LogP contribution is -2.30. The van der Waals surface area contributed by atoms with Gasteiger partial charge in [-0.25, -0.2) is 4.98 Å². The molecular weight excluding hydrogens is 306 g/mol. The van der Waals surface area contributed by atoms with Crippen molar-refractivity contribution in [2.24, 2.45) is 5.92 Å². The van der Waals surface area contributed by atoms with E-state index in [1.54, 1.807) is 4.90 Å². The number of nitrogens with one attached hydrogen (secondary N) is 2. The molecule has 0 aliphatic carbocycles. The number of aromatic amines is 1. The maximum absolute atomic E-state index is 12.3. The summed E-state index contributed by atoms with van der Waals surface area (Å²) in [5.74, 6) is 0.985. The highest BCUT2D eigenvalue weighted by Gasteiger charge is 2.30. The smallest absolute Gasteiger partial charge is 0.245 e. The number of anilines is 1. The van der Waals surface area contributed by atoms with Gasteiger partial charge in [-0.1, -0.05) is 6.58 Å². The standard InChI is InChI=1S/C17H19N5O2/c1-3-15(23)22-9-8-13(10-22)17(24)19-14-6-4-12(5-7-14)16-18-11(2)20-21-16/h3-7,13H,1,8-10H2,2H3,(H,19,24)(H,18,20,21). The molecule has 1 fully saturated rings. The van der Waals surface area contributed by atoms with Gasteiger partial charge in [0.05, 0.1) is 5.92 Å². The van der Waals surface area contributed by atoms with Gasteiger partial charge in [-0.2, -0.15) is 5.10 Å². The van der Waals surface area contributed by atoms with Crippen LogP contribution in [0.4, 0.5) is 5.69 Å². The van der Waals surface area contributed by atoms with Gasteiger partial charge in [0.1, 0.15) is 5.82 Å². The molecule has 1 unspecified atom stereocenters. The van der Waals surface area contributed by atoms with Gasteiger partial charge in [-0.05, 0) is 43.7 Å². The lowest BCUT2D eigenvalue weighted by Gasteiger charge is -2.14. The van der Waals surface area contributed by atoms with Gasteiger partial charge in [-0.3, -0.25) is 14.7 Å². The molecule has 1 aromatic heterocycles. The molecule has 1 aliphatic rings. The summed E-state index contributed by atoms with van der Waals surface area (Å²) in [4.78, 5) is 29.8. The minimum Gasteiger partial charge on any atom is -0.338 e. The number of rotatable bonds is 4. The fourth-order valence-electron chi connectivity index (χ4n) is 2.72. The maximum Gasteiger partial charge on any atom is 0.245 e. The SMILES string of the molecule is C=CC(=O)N1CCC(C(=O)Nc2ccc(-c3n[nH]c(C)n3)cc2)C1. The molecule has 2 N–H and O–H groups in total. The third-order valence-corrected chi connectivity index (χ3v) is 4.05. The van der Waals surface area contributed by atoms with E-state index in [0.717, 1.165) is 11.4 Å². The topological polar surface area (TPSA) is 91.0 Å². The Morgan fingerprint density at radius 2 is 2.12 bits per heavy atom. The molecular formula is C17H19N5O2. The summed E-state index contributed by atoms with van der Waals surface area (Å²) in [7, 11) is 0. The lowest BCUT2D eigenvalue weighted by atomic mass is 10.1. The van der Waals surface area contributed by atoms with Gasteiger partial charge < -0.3 is 10.2 Å². The molecule has 1 saturated heterocycles. The molecule has 1 atom stereocenters. The molecule has 0 radical (unpaired) electrons. The number of nitrogens with zero attached hydrogens (tertiary/aromatic N) is 3. The van der Waals surface area contributed by atoms with Crippen molar-refractivity contribution >= 4 is 17.5 Å². The third kappa shape index (κ3) is 3.34. The van der Waals surface area contributed by atoms with E-state index < -0.39 is 0 Å². The van der Waals surface area contributed by atoms with Crippen molar-refractivity contribution in [2.75, 3.05) is 18.4 Å². The predicted molar refractivity (Wildman–Crippen MR) is 90.1 cm³/mol. The molecule has 124 valence electrons. The van der Waals surface area contributed by atoms with Crippen LogP contribution in [0.3, 0.4) is 0 Å². The molecule has 7 nitrogen and oxygen atoms in total. The van der Waals surface area contributed by atoms with Crippen LogP contribution >= 0.6 is 0 Å². The second-order valence-corrected chi connectivity index (χ2v) is 5.79. The van der Waals surface area contributed by atoms with Crippen molar-refractivity contribution in [2.45, 2.75) is 13.3 Å². The number of carbonyl (C=O) groups is 2. The molecule has 1 aromatic carbocycles. The Morgan fingerprint density at radius 1 is 1.38 bits per heavy atom. The first-order chi connectivity index (χ1) is 11.6. The molecule has 3 rings (SSSR count). The first-order valence-electron chi connectivity index (χ1n) is 7.78. The largest absolute Gasteiger partial charge is 0.338 e. The Hall–Kier alpha value is -2.96. The molecule has 0 saturated carbocycles. The predicted octanol–water partition coefficient (Wildman–Crippen LogP) is 1.75. The summed E-state index contributed by atoms with van der Waals surface area (Å²) in [6.07, 6.45) is 1.95. The Labute approximate surface area is 139 Å². The number of carbonyl (C=O) groups excluding carboxylic acids is 2. The lowest BCUT2D eigenvalue weighted by molar-refractivity contribution is -0.125. The van der Waals surface area contributed by atoms with Gasteiger partial charge in [0.25, 0.3) is 0 Å². The Bertz CT molecular complexity index is 766. The molecule has 7 heteroatoms. The van der Waals surface area contributed by atoms with Crippen LogP contribution in [-0.4, -0.2) is 45.0 Å². The summed E-state index contributed by atoms with van der Waals surface area (Å²) in [6, 6.07) is 7.36. The second-order valence-electron chi connectivity index (χ2n) is 5.79. The van der Waals surface area contributed by atoms with E-state index in [9.17, 15) is 9.59 Å². The van der Waals surface area contributed by atoms with E-state index >= 15 is 0 Å². The van der Waals surface area contributed by atoms with E-state index in [0.29, 0.717) is 31.0 Å². The molecule has 2 aromatic rings. The number of hydrogen-bond donors (Lipinski definition) is 2. The van der Waals surface area contributed by atoms with Crippen molar-refractivity contribution in [3.05, 3.63) is 42.7 Å². The van der Waals surface area contributed by atoms with Crippen LogP contribution < -0.4 is 5.32 Å². The second kappa shape index (κ2) is 6.66. The Kier molecular flexibility index (Phi) is 4.41. The van der Waals surface area contributed by atoms with Crippen LogP contribution in [0.2, 0.25) is 0 Å². The minimum absolute atomic E-state index is 0.0733. The van der Waals surface area contributed by atoms with Crippen molar-refractivity contribution in [1.29, 1.82) is 0 Å². The van der Waals surface area contributed by atoms with Crippen LogP contribution in [0, 0.1) is 12.8 Å². The summed E-state index contributed by atoms with van der Waals surface area (Å²) in [5.41, 5.74) is 1.59. The number of aryl methyl sites for hydroxylation is 1. The van der Waals surface area contributed by atoms with E-state index in [1.165, 1.54) is 6.08 Å². The van der Waals surface area contributed by atoms with Gasteiger partial charge in [0, 0.05) is 24.3 Å². The first kappa shape index (κ1) is 15.9. The molecule has 24 heavy (non-hydrogen) atoms. The highest BCUT2D eigenvalue weighted by atomic mass is 16.2. The van der Waals surface area contributed by atoms with E-state index in [4.69, 9.17) is 0 Å². The van der Waals surface area contributed by atoms with Crippen LogP contribution in [-0.2, 0) is 9.59 Å². The summed E-state index contributed by atoms with van der Waals surface area (Å²) < 4.78 is 0. The van der Waals surface area contributed by atoms with Gasteiger partial charge in [-0.15, -0.1) is 0 Å². The zero-order chi connectivity index (χ0) is 17.1. The van der Waals surface area contributed by atoms with Crippen LogP contribution in [0.5, 0.6) is 0 Å². The maximum atomic E-state index is 12.3. The average Bonchev–Trinajstić information content (AvgIpc) is 3.24. The van der Waals surface area contributed by atoms with Crippen molar-refractivity contribution < 1.29 is 9.59 Å². The van der Waals surface area contributed by atoms with Gasteiger partial charge >= 0.3 is 0 Å². The van der Waals surface area contributed by atoms with Crippen LogP contribution in [0.25, 0.3) is 11.4 Å². The monoisotopic (exact) mass is 325 g/mol. The average molecular weight is 325 g/mol. The fraction of sp³-hybridized carbons (Fsp3) is 0.294. The molecule has 1 aliphatic heterocycles. The minimum atomic E-state index is -0.191. The summed E-state index contributed by atoms with van der Waals surface area (Å²) in [5, 5.41) is 9.80.